The minimum Gasteiger partial charge on any atom is -0.354 e. The molecule has 138 valence electrons. The summed E-state index contributed by atoms with van der Waals surface area (Å²) in [4.78, 5) is 23.1. The van der Waals surface area contributed by atoms with E-state index in [1.54, 1.807) is 30.5 Å². The van der Waals surface area contributed by atoms with E-state index < -0.39 is 0 Å². The molecule has 1 aromatic carbocycles. The summed E-state index contributed by atoms with van der Waals surface area (Å²) in [5.74, 6) is 0.738. The van der Waals surface area contributed by atoms with Gasteiger partial charge in [-0.05, 0) is 44.9 Å². The molecule has 1 unspecified atom stereocenters. The third-order valence-corrected chi connectivity index (χ3v) is 4.29. The first-order valence-corrected chi connectivity index (χ1v) is 8.93. The highest BCUT2D eigenvalue weighted by Crippen LogP contribution is 2.23. The van der Waals surface area contributed by atoms with Gasteiger partial charge in [0, 0.05) is 25.3 Å². The monoisotopic (exact) mass is 357 g/mol. The fourth-order valence-electron chi connectivity index (χ4n) is 3.05. The summed E-state index contributed by atoms with van der Waals surface area (Å²) in [6, 6.07) is 8.28. The van der Waals surface area contributed by atoms with Crippen molar-refractivity contribution < 1.29 is 9.18 Å². The molecule has 26 heavy (non-hydrogen) atoms. The third-order valence-electron chi connectivity index (χ3n) is 4.29. The van der Waals surface area contributed by atoms with Crippen LogP contribution in [-0.4, -0.2) is 35.0 Å². The molecule has 1 aliphatic heterocycles. The van der Waals surface area contributed by atoms with Gasteiger partial charge in [-0.25, -0.2) is 9.37 Å². The normalized spacial score (nSPS) is 17.2. The van der Waals surface area contributed by atoms with Gasteiger partial charge in [0.05, 0.1) is 11.6 Å². The number of para-hydroxylation sites is 1. The molecule has 1 fully saturated rings. The number of aromatic nitrogens is 2. The lowest BCUT2D eigenvalue weighted by atomic mass is 9.97. The first kappa shape index (κ1) is 18.1. The number of piperidine rings is 1. The van der Waals surface area contributed by atoms with Gasteiger partial charge >= 0.3 is 0 Å². The number of nitrogens with one attached hydrogen (secondary N) is 2. The molecule has 1 amide bonds. The van der Waals surface area contributed by atoms with Crippen LogP contribution in [0.1, 0.15) is 26.7 Å². The van der Waals surface area contributed by atoms with E-state index in [2.05, 4.69) is 20.6 Å². The molecule has 3 rings (SSSR count). The van der Waals surface area contributed by atoms with Crippen LogP contribution in [0.4, 0.5) is 21.8 Å². The highest BCUT2D eigenvalue weighted by molar-refractivity contribution is 5.79. The first-order valence-electron chi connectivity index (χ1n) is 8.93. The highest BCUT2D eigenvalue weighted by Gasteiger charge is 2.27. The Balaban J connectivity index is 1.71. The molecule has 2 heterocycles. The zero-order chi connectivity index (χ0) is 18.5. The maximum absolute atomic E-state index is 13.8. The third kappa shape index (κ3) is 4.47. The number of anilines is 3. The molecule has 2 N–H and O–H groups in total. The minimum atomic E-state index is -0.337. The lowest BCUT2D eigenvalue weighted by molar-refractivity contribution is -0.125. The smallest absolute Gasteiger partial charge is 0.227 e. The topological polar surface area (TPSA) is 70.2 Å². The Morgan fingerprint density at radius 2 is 2.12 bits per heavy atom. The number of hydrogen-bond acceptors (Lipinski definition) is 5. The molecule has 2 aromatic rings. The van der Waals surface area contributed by atoms with Crippen LogP contribution >= 0.6 is 0 Å². The Kier molecular flexibility index (Phi) is 5.65. The van der Waals surface area contributed by atoms with E-state index in [1.165, 1.54) is 6.07 Å². The van der Waals surface area contributed by atoms with Crippen molar-refractivity contribution in [3.63, 3.8) is 0 Å². The van der Waals surface area contributed by atoms with E-state index in [4.69, 9.17) is 0 Å². The Morgan fingerprint density at radius 1 is 1.31 bits per heavy atom. The maximum Gasteiger partial charge on any atom is 0.227 e. The molecule has 1 atom stereocenters. The molecule has 0 saturated carbocycles. The summed E-state index contributed by atoms with van der Waals surface area (Å²) >= 11 is 0. The molecular formula is C19H24FN5O. The summed E-state index contributed by atoms with van der Waals surface area (Å²) in [7, 11) is 0. The number of rotatable bonds is 5. The van der Waals surface area contributed by atoms with Gasteiger partial charge in [-0.3, -0.25) is 4.79 Å². The lowest BCUT2D eigenvalue weighted by Gasteiger charge is -2.32. The van der Waals surface area contributed by atoms with Crippen LogP contribution in [0.3, 0.4) is 0 Å². The highest BCUT2D eigenvalue weighted by atomic mass is 19.1. The second-order valence-corrected chi connectivity index (χ2v) is 6.80. The Bertz CT molecular complexity index is 767. The predicted molar refractivity (Wildman–Crippen MR) is 99.9 cm³/mol. The summed E-state index contributed by atoms with van der Waals surface area (Å²) in [6.45, 7) is 5.30. The number of carbonyl (C=O) groups is 1. The van der Waals surface area contributed by atoms with Gasteiger partial charge in [-0.2, -0.15) is 4.98 Å². The van der Waals surface area contributed by atoms with Crippen LogP contribution in [0.25, 0.3) is 0 Å². The molecule has 6 nitrogen and oxygen atoms in total. The minimum absolute atomic E-state index is 0.0714. The van der Waals surface area contributed by atoms with Crippen molar-refractivity contribution in [2.75, 3.05) is 23.3 Å². The van der Waals surface area contributed by atoms with Gasteiger partial charge in [0.25, 0.3) is 0 Å². The van der Waals surface area contributed by atoms with Crippen molar-refractivity contribution >= 4 is 23.4 Å². The number of hydrogen-bond donors (Lipinski definition) is 2. The summed E-state index contributed by atoms with van der Waals surface area (Å²) in [5.41, 5.74) is 0.366. The van der Waals surface area contributed by atoms with Gasteiger partial charge in [-0.15, -0.1) is 0 Å². The number of carbonyl (C=O) groups excluding carboxylic acids is 1. The summed E-state index contributed by atoms with van der Waals surface area (Å²) < 4.78 is 13.8. The number of halogens is 1. The van der Waals surface area contributed by atoms with Crippen molar-refractivity contribution in [1.82, 2.24) is 15.3 Å². The molecule has 0 bridgehead atoms. The van der Waals surface area contributed by atoms with Crippen molar-refractivity contribution in [3.05, 3.63) is 42.3 Å². The first-order chi connectivity index (χ1) is 12.5. The second kappa shape index (κ2) is 8.12. The van der Waals surface area contributed by atoms with Crippen molar-refractivity contribution in [2.24, 2.45) is 5.92 Å². The Hall–Kier alpha value is -2.70. The lowest BCUT2D eigenvalue weighted by Crippen LogP contribution is -2.45. The van der Waals surface area contributed by atoms with Crippen molar-refractivity contribution in [1.29, 1.82) is 0 Å². The fraction of sp³-hybridized carbons (Fsp3) is 0.421. The van der Waals surface area contributed by atoms with E-state index in [-0.39, 0.29) is 23.7 Å². The van der Waals surface area contributed by atoms with Crippen LogP contribution in [0, 0.1) is 11.7 Å². The molecule has 1 saturated heterocycles. The number of benzene rings is 1. The maximum atomic E-state index is 13.8. The molecule has 7 heteroatoms. The van der Waals surface area contributed by atoms with Crippen molar-refractivity contribution in [2.45, 2.75) is 32.7 Å². The summed E-state index contributed by atoms with van der Waals surface area (Å²) in [6.07, 6.45) is 3.41. The molecule has 1 aromatic heterocycles. The summed E-state index contributed by atoms with van der Waals surface area (Å²) in [5, 5.41) is 5.95. The van der Waals surface area contributed by atoms with Gasteiger partial charge < -0.3 is 15.5 Å². The van der Waals surface area contributed by atoms with Crippen molar-refractivity contribution in [3.8, 4) is 0 Å². The standard InChI is InChI=1S/C19H24FN5O/c1-13(2)22-18(26)14-6-5-11-25(12-14)19-21-10-9-17(24-19)23-16-8-4-3-7-15(16)20/h3-4,7-10,13-14H,5-6,11-12H2,1-2H3,(H,22,26)(H,21,23,24). The average molecular weight is 357 g/mol. The largest absolute Gasteiger partial charge is 0.354 e. The van der Waals surface area contributed by atoms with Crippen LogP contribution in [0.5, 0.6) is 0 Å². The molecule has 1 aliphatic rings. The zero-order valence-electron chi connectivity index (χ0n) is 15.1. The molecule has 0 radical (unpaired) electrons. The van der Waals surface area contributed by atoms with Gasteiger partial charge in [0.15, 0.2) is 0 Å². The Morgan fingerprint density at radius 3 is 2.88 bits per heavy atom. The predicted octanol–water partition coefficient (Wildman–Crippen LogP) is 3.10. The van der Waals surface area contributed by atoms with E-state index in [0.29, 0.717) is 24.0 Å². The average Bonchev–Trinajstić information content (AvgIpc) is 2.63. The fourth-order valence-corrected chi connectivity index (χ4v) is 3.05. The number of amides is 1. The molecule has 0 aliphatic carbocycles. The number of nitrogens with zero attached hydrogens (tertiary/aromatic N) is 3. The van der Waals surface area contributed by atoms with Crippen LogP contribution in [0.15, 0.2) is 36.5 Å². The Labute approximate surface area is 152 Å². The van der Waals surface area contributed by atoms with Crippen LogP contribution in [0.2, 0.25) is 0 Å². The van der Waals surface area contributed by atoms with Gasteiger partial charge in [0.1, 0.15) is 11.6 Å². The second-order valence-electron chi connectivity index (χ2n) is 6.80. The van der Waals surface area contributed by atoms with E-state index >= 15 is 0 Å². The van der Waals surface area contributed by atoms with Gasteiger partial charge in [-0.1, -0.05) is 12.1 Å². The van der Waals surface area contributed by atoms with E-state index in [1.807, 2.05) is 18.7 Å². The van der Waals surface area contributed by atoms with Crippen LogP contribution < -0.4 is 15.5 Å². The SMILES string of the molecule is CC(C)NC(=O)C1CCCN(c2nccc(Nc3ccccc3F)n2)C1. The molecule has 0 spiro atoms. The van der Waals surface area contributed by atoms with E-state index in [9.17, 15) is 9.18 Å². The zero-order valence-corrected chi connectivity index (χ0v) is 15.1. The van der Waals surface area contributed by atoms with Gasteiger partial charge in [0.2, 0.25) is 11.9 Å². The molecular weight excluding hydrogens is 333 g/mol. The van der Waals surface area contributed by atoms with E-state index in [0.717, 1.165) is 19.4 Å². The van der Waals surface area contributed by atoms with Crippen LogP contribution in [-0.2, 0) is 4.79 Å². The quantitative estimate of drug-likeness (QED) is 0.860.